The minimum absolute atomic E-state index is 0.165. The molecular weight excluding hydrogens is 404 g/mol. The first-order valence-corrected chi connectivity index (χ1v) is 9.77. The van der Waals surface area contributed by atoms with E-state index in [1.165, 1.54) is 21.3 Å². The lowest BCUT2D eigenvalue weighted by Crippen LogP contribution is -2.65. The zero-order chi connectivity index (χ0) is 22.3. The first kappa shape index (κ1) is 25.8. The molecule has 0 bridgehead atoms. The maximum Gasteiger partial charge on any atom is 0.187 e. The molecule has 178 valence electrons. The van der Waals surface area contributed by atoms with Crippen LogP contribution in [0.1, 0.15) is 0 Å². The molecule has 2 heterocycles. The van der Waals surface area contributed by atoms with E-state index >= 15 is 0 Å². The number of aliphatic hydroxyl groups is 1. The van der Waals surface area contributed by atoms with E-state index < -0.39 is 61.4 Å². The second-order valence-corrected chi connectivity index (χ2v) is 7.12. The highest BCUT2D eigenvalue weighted by Gasteiger charge is 2.52. The highest BCUT2D eigenvalue weighted by molar-refractivity contribution is 4.96. The van der Waals surface area contributed by atoms with Crippen molar-refractivity contribution in [3.8, 4) is 0 Å². The van der Waals surface area contributed by atoms with Gasteiger partial charge in [-0.2, -0.15) is 0 Å². The van der Waals surface area contributed by atoms with Crippen LogP contribution in [-0.2, 0) is 47.4 Å². The highest BCUT2D eigenvalue weighted by Crippen LogP contribution is 2.33. The van der Waals surface area contributed by atoms with Gasteiger partial charge in [0.1, 0.15) is 48.8 Å². The van der Waals surface area contributed by atoms with Crippen molar-refractivity contribution in [3.05, 3.63) is 0 Å². The van der Waals surface area contributed by atoms with Gasteiger partial charge in [0.2, 0.25) is 0 Å². The Hall–Kier alpha value is -0.440. The van der Waals surface area contributed by atoms with Crippen LogP contribution in [0.15, 0.2) is 0 Å². The number of hydrogen-bond donors (Lipinski definition) is 1. The lowest BCUT2D eigenvalue weighted by molar-refractivity contribution is -0.363. The second kappa shape index (κ2) is 12.6. The van der Waals surface area contributed by atoms with Crippen molar-refractivity contribution >= 4 is 0 Å². The van der Waals surface area contributed by atoms with Crippen LogP contribution in [0.3, 0.4) is 0 Å². The van der Waals surface area contributed by atoms with E-state index in [1.54, 1.807) is 28.4 Å². The third-order valence-electron chi connectivity index (χ3n) is 5.51. The van der Waals surface area contributed by atoms with Gasteiger partial charge in [0, 0.05) is 49.8 Å². The molecule has 0 aromatic rings. The van der Waals surface area contributed by atoms with Crippen molar-refractivity contribution in [1.29, 1.82) is 0 Å². The summed E-state index contributed by atoms with van der Waals surface area (Å²) in [6.45, 7) is 0.433. The van der Waals surface area contributed by atoms with Gasteiger partial charge in [0.05, 0.1) is 13.2 Å². The molecule has 1 N–H and O–H groups in total. The Morgan fingerprint density at radius 2 is 1.03 bits per heavy atom. The van der Waals surface area contributed by atoms with Crippen molar-refractivity contribution < 1.29 is 52.5 Å². The fraction of sp³-hybridized carbons (Fsp3) is 1.00. The fourth-order valence-electron chi connectivity index (χ4n) is 4.12. The van der Waals surface area contributed by atoms with E-state index in [-0.39, 0.29) is 13.2 Å². The smallest absolute Gasteiger partial charge is 0.187 e. The Balaban J connectivity index is 2.31. The molecule has 30 heavy (non-hydrogen) atoms. The predicted molar refractivity (Wildman–Crippen MR) is 102 cm³/mol. The first-order chi connectivity index (χ1) is 14.5. The van der Waals surface area contributed by atoms with Gasteiger partial charge in [-0.3, -0.25) is 0 Å². The molecule has 2 aliphatic heterocycles. The monoisotopic (exact) mass is 440 g/mol. The Kier molecular flexibility index (Phi) is 10.8. The van der Waals surface area contributed by atoms with Crippen molar-refractivity contribution in [1.82, 2.24) is 0 Å². The number of ether oxygens (including phenoxy) is 10. The van der Waals surface area contributed by atoms with Crippen molar-refractivity contribution in [3.63, 3.8) is 0 Å². The van der Waals surface area contributed by atoms with Crippen LogP contribution in [0, 0.1) is 0 Å². The van der Waals surface area contributed by atoms with E-state index in [0.29, 0.717) is 0 Å². The predicted octanol–water partition coefficient (Wildman–Crippen LogP) is -0.818. The van der Waals surface area contributed by atoms with Gasteiger partial charge in [-0.15, -0.1) is 0 Å². The van der Waals surface area contributed by atoms with Crippen LogP contribution >= 0.6 is 0 Å². The zero-order valence-corrected chi connectivity index (χ0v) is 18.7. The molecule has 2 fully saturated rings. The van der Waals surface area contributed by atoms with Crippen LogP contribution in [0.2, 0.25) is 0 Å². The minimum Gasteiger partial charge on any atom is -0.382 e. The van der Waals surface area contributed by atoms with Gasteiger partial charge in [-0.1, -0.05) is 0 Å². The molecule has 0 amide bonds. The van der Waals surface area contributed by atoms with Gasteiger partial charge >= 0.3 is 0 Å². The average Bonchev–Trinajstić information content (AvgIpc) is 2.74. The average molecular weight is 440 g/mol. The van der Waals surface area contributed by atoms with E-state index in [4.69, 9.17) is 47.4 Å². The number of rotatable bonds is 11. The topological polar surface area (TPSA) is 113 Å². The molecule has 0 aliphatic carbocycles. The fourth-order valence-corrected chi connectivity index (χ4v) is 4.12. The summed E-state index contributed by atoms with van der Waals surface area (Å²) in [4.78, 5) is 0. The van der Waals surface area contributed by atoms with Crippen molar-refractivity contribution in [2.75, 3.05) is 63.0 Å². The molecule has 0 aromatic carbocycles. The SMILES string of the molecule is COC[C@H]1O[C@@H](O)[C@H](OC)[C@@H](OC)[C@@H]1O[C@@H]1O[C@H](COC)[C@@H](OC)[C@H](OC)[C@H]1OC. The molecule has 11 nitrogen and oxygen atoms in total. The Morgan fingerprint density at radius 3 is 1.50 bits per heavy atom. The number of aliphatic hydroxyl groups excluding tert-OH is 1. The van der Waals surface area contributed by atoms with Crippen molar-refractivity contribution in [2.45, 2.75) is 61.4 Å². The molecule has 0 spiro atoms. The van der Waals surface area contributed by atoms with E-state index in [9.17, 15) is 5.11 Å². The molecule has 2 saturated heterocycles. The zero-order valence-electron chi connectivity index (χ0n) is 18.7. The first-order valence-electron chi connectivity index (χ1n) is 9.77. The molecule has 0 aromatic heterocycles. The van der Waals surface area contributed by atoms with Crippen molar-refractivity contribution in [2.24, 2.45) is 0 Å². The second-order valence-electron chi connectivity index (χ2n) is 7.12. The lowest BCUT2D eigenvalue weighted by Gasteiger charge is -2.48. The molecule has 0 radical (unpaired) electrons. The van der Waals surface area contributed by atoms with Gasteiger partial charge in [0.25, 0.3) is 0 Å². The van der Waals surface area contributed by atoms with Crippen LogP contribution in [0.5, 0.6) is 0 Å². The lowest BCUT2D eigenvalue weighted by atomic mass is 9.96. The molecule has 10 atom stereocenters. The summed E-state index contributed by atoms with van der Waals surface area (Å²) in [7, 11) is 10.8. The summed E-state index contributed by atoms with van der Waals surface area (Å²) < 4.78 is 56.6. The normalized spacial score (nSPS) is 42.4. The Bertz CT molecular complexity index is 481. The maximum atomic E-state index is 10.3. The molecular formula is C19H36O11. The Labute approximate surface area is 177 Å². The summed E-state index contributed by atoms with van der Waals surface area (Å²) in [5, 5.41) is 10.3. The van der Waals surface area contributed by atoms with Gasteiger partial charge in [0.15, 0.2) is 12.6 Å². The number of methoxy groups -OCH3 is 7. The summed E-state index contributed by atoms with van der Waals surface area (Å²) in [6, 6.07) is 0. The summed E-state index contributed by atoms with van der Waals surface area (Å²) in [6.07, 6.45) is -6.77. The Morgan fingerprint density at radius 1 is 0.567 bits per heavy atom. The molecule has 2 rings (SSSR count). The summed E-state index contributed by atoms with van der Waals surface area (Å²) in [5.41, 5.74) is 0. The van der Waals surface area contributed by atoms with Gasteiger partial charge in [-0.05, 0) is 0 Å². The van der Waals surface area contributed by atoms with E-state index in [1.807, 2.05) is 0 Å². The van der Waals surface area contributed by atoms with Crippen LogP contribution < -0.4 is 0 Å². The maximum absolute atomic E-state index is 10.3. The van der Waals surface area contributed by atoms with E-state index in [0.717, 1.165) is 0 Å². The standard InChI is InChI=1S/C19H36O11/c1-21-8-10-12(23-3)14(24-4)17(27-7)19(29-10)30-13-11(9-22-2)28-18(20)16(26-6)15(13)25-5/h10-20H,8-9H2,1-7H3/t10-,11-,12-,13-,14+,15+,16-,17-,18-,19+/m1/s1. The summed E-state index contributed by atoms with van der Waals surface area (Å²) >= 11 is 0. The molecule has 2 aliphatic rings. The number of hydrogen-bond acceptors (Lipinski definition) is 11. The van der Waals surface area contributed by atoms with Gasteiger partial charge in [-0.25, -0.2) is 0 Å². The van der Waals surface area contributed by atoms with Crippen LogP contribution in [0.25, 0.3) is 0 Å². The summed E-state index contributed by atoms with van der Waals surface area (Å²) in [5.74, 6) is 0. The minimum atomic E-state index is -1.20. The quantitative estimate of drug-likeness (QED) is 0.435. The van der Waals surface area contributed by atoms with Gasteiger partial charge < -0.3 is 52.5 Å². The molecule has 0 saturated carbocycles. The largest absolute Gasteiger partial charge is 0.382 e. The molecule has 0 unspecified atom stereocenters. The third-order valence-corrected chi connectivity index (χ3v) is 5.51. The van der Waals surface area contributed by atoms with Crippen LogP contribution in [0.4, 0.5) is 0 Å². The third kappa shape index (κ3) is 5.48. The highest BCUT2D eigenvalue weighted by atomic mass is 16.7. The van der Waals surface area contributed by atoms with E-state index in [2.05, 4.69) is 0 Å². The van der Waals surface area contributed by atoms with Crippen LogP contribution in [-0.4, -0.2) is 130 Å². The molecule has 11 heteroatoms.